The molecule has 0 spiro atoms. The highest BCUT2D eigenvalue weighted by Crippen LogP contribution is 2.17. The van der Waals surface area contributed by atoms with E-state index in [2.05, 4.69) is 15.2 Å². The van der Waals surface area contributed by atoms with Crippen molar-refractivity contribution in [1.29, 1.82) is 0 Å². The molecule has 0 radical (unpaired) electrons. The first-order valence-corrected chi connectivity index (χ1v) is 9.26. The molecule has 1 N–H and O–H groups in total. The molecule has 1 aliphatic rings. The number of piperidine rings is 1. The third-order valence-corrected chi connectivity index (χ3v) is 4.86. The molecule has 1 aliphatic heterocycles. The SMILES string of the molecule is Cc1cc(=O)n(CC(=O)NCc2ccccc2Cl)c(N2CCCCC2)n1. The van der Waals surface area contributed by atoms with Gasteiger partial charge < -0.3 is 10.2 Å². The van der Waals surface area contributed by atoms with Gasteiger partial charge in [0, 0.05) is 36.4 Å². The maximum absolute atomic E-state index is 12.5. The molecule has 1 aromatic carbocycles. The van der Waals surface area contributed by atoms with Gasteiger partial charge in [0.05, 0.1) is 0 Å². The van der Waals surface area contributed by atoms with Crippen molar-refractivity contribution in [2.75, 3.05) is 18.0 Å². The minimum atomic E-state index is -0.240. The van der Waals surface area contributed by atoms with Gasteiger partial charge in [0.2, 0.25) is 11.9 Å². The Morgan fingerprint density at radius 3 is 2.69 bits per heavy atom. The highest BCUT2D eigenvalue weighted by Gasteiger charge is 2.19. The van der Waals surface area contributed by atoms with Gasteiger partial charge in [-0.25, -0.2) is 4.98 Å². The molecule has 26 heavy (non-hydrogen) atoms. The lowest BCUT2D eigenvalue weighted by atomic mass is 10.1. The quantitative estimate of drug-likeness (QED) is 0.873. The predicted octanol–water partition coefficient (Wildman–Crippen LogP) is 2.51. The molecule has 1 aromatic heterocycles. The van der Waals surface area contributed by atoms with Crippen molar-refractivity contribution in [1.82, 2.24) is 14.9 Å². The van der Waals surface area contributed by atoms with E-state index in [1.54, 1.807) is 13.0 Å². The fourth-order valence-electron chi connectivity index (χ4n) is 3.12. The number of amides is 1. The lowest BCUT2D eigenvalue weighted by molar-refractivity contribution is -0.121. The van der Waals surface area contributed by atoms with Crippen molar-refractivity contribution in [3.8, 4) is 0 Å². The largest absolute Gasteiger partial charge is 0.350 e. The zero-order chi connectivity index (χ0) is 18.5. The molecule has 0 unspecified atom stereocenters. The molecule has 3 rings (SSSR count). The first-order chi connectivity index (χ1) is 12.5. The number of hydrogen-bond acceptors (Lipinski definition) is 4. The number of carbonyl (C=O) groups excluding carboxylic acids is 1. The van der Waals surface area contributed by atoms with Gasteiger partial charge in [0.1, 0.15) is 6.54 Å². The van der Waals surface area contributed by atoms with Gasteiger partial charge in [-0.2, -0.15) is 0 Å². The number of rotatable bonds is 5. The van der Waals surface area contributed by atoms with Crippen LogP contribution in [-0.4, -0.2) is 28.5 Å². The maximum atomic E-state index is 12.5. The number of carbonyl (C=O) groups is 1. The summed E-state index contributed by atoms with van der Waals surface area (Å²) in [6.07, 6.45) is 3.33. The number of nitrogens with one attached hydrogen (secondary N) is 1. The summed E-state index contributed by atoms with van der Waals surface area (Å²) < 4.78 is 1.46. The molecule has 7 heteroatoms. The van der Waals surface area contributed by atoms with Gasteiger partial charge in [-0.3, -0.25) is 14.2 Å². The Bertz CT molecular complexity index is 844. The number of aromatic nitrogens is 2. The smallest absolute Gasteiger partial charge is 0.255 e. The predicted molar refractivity (Wildman–Crippen MR) is 103 cm³/mol. The van der Waals surface area contributed by atoms with Crippen molar-refractivity contribution in [2.24, 2.45) is 0 Å². The average molecular weight is 375 g/mol. The second-order valence-corrected chi connectivity index (χ2v) is 6.94. The van der Waals surface area contributed by atoms with Crippen molar-refractivity contribution < 1.29 is 4.79 Å². The van der Waals surface area contributed by atoms with Crippen LogP contribution in [0, 0.1) is 6.92 Å². The van der Waals surface area contributed by atoms with Crippen LogP contribution in [0.5, 0.6) is 0 Å². The summed E-state index contributed by atoms with van der Waals surface area (Å²) >= 11 is 6.11. The number of hydrogen-bond donors (Lipinski definition) is 1. The van der Waals surface area contributed by atoms with Crippen LogP contribution >= 0.6 is 11.6 Å². The van der Waals surface area contributed by atoms with Gasteiger partial charge in [0.15, 0.2) is 0 Å². The summed E-state index contributed by atoms with van der Waals surface area (Å²) in [5.74, 6) is 0.346. The van der Waals surface area contributed by atoms with Crippen LogP contribution in [0.4, 0.5) is 5.95 Å². The Kier molecular flexibility index (Phi) is 5.93. The minimum absolute atomic E-state index is 0.0532. The highest BCUT2D eigenvalue weighted by atomic mass is 35.5. The Morgan fingerprint density at radius 1 is 1.23 bits per heavy atom. The topological polar surface area (TPSA) is 67.2 Å². The van der Waals surface area contributed by atoms with E-state index in [4.69, 9.17) is 11.6 Å². The molecule has 1 saturated heterocycles. The minimum Gasteiger partial charge on any atom is -0.350 e. The lowest BCUT2D eigenvalue weighted by Gasteiger charge is -2.29. The van der Waals surface area contributed by atoms with Crippen molar-refractivity contribution >= 4 is 23.5 Å². The van der Waals surface area contributed by atoms with E-state index < -0.39 is 0 Å². The molecular formula is C19H23ClN4O2. The van der Waals surface area contributed by atoms with Gasteiger partial charge in [-0.15, -0.1) is 0 Å². The van der Waals surface area contributed by atoms with E-state index in [-0.39, 0.29) is 18.0 Å². The number of benzene rings is 1. The first-order valence-electron chi connectivity index (χ1n) is 8.88. The van der Waals surface area contributed by atoms with Crippen LogP contribution in [0.2, 0.25) is 5.02 Å². The zero-order valence-corrected chi connectivity index (χ0v) is 15.6. The second-order valence-electron chi connectivity index (χ2n) is 6.54. The van der Waals surface area contributed by atoms with Gasteiger partial charge in [0.25, 0.3) is 5.56 Å². The van der Waals surface area contributed by atoms with Crippen LogP contribution in [0.1, 0.15) is 30.5 Å². The molecule has 0 atom stereocenters. The van der Waals surface area contributed by atoms with E-state index in [1.807, 2.05) is 18.2 Å². The molecule has 138 valence electrons. The molecule has 1 amide bonds. The third-order valence-electron chi connectivity index (χ3n) is 4.49. The summed E-state index contributed by atoms with van der Waals surface area (Å²) in [6, 6.07) is 8.83. The Balaban J connectivity index is 1.75. The Labute approximate surface area is 157 Å². The molecule has 1 fully saturated rings. The monoisotopic (exact) mass is 374 g/mol. The van der Waals surface area contributed by atoms with Gasteiger partial charge in [-0.05, 0) is 37.8 Å². The van der Waals surface area contributed by atoms with Crippen LogP contribution in [-0.2, 0) is 17.9 Å². The van der Waals surface area contributed by atoms with Crippen LogP contribution in [0.3, 0.4) is 0 Å². The number of anilines is 1. The summed E-state index contributed by atoms with van der Waals surface area (Å²) in [5, 5.41) is 3.44. The molecule has 0 saturated carbocycles. The van der Waals surface area contributed by atoms with E-state index in [9.17, 15) is 9.59 Å². The Morgan fingerprint density at radius 2 is 1.96 bits per heavy atom. The average Bonchev–Trinajstić information content (AvgIpc) is 2.64. The van der Waals surface area contributed by atoms with Crippen molar-refractivity contribution in [3.05, 3.63) is 57.0 Å². The van der Waals surface area contributed by atoms with Gasteiger partial charge >= 0.3 is 0 Å². The molecular weight excluding hydrogens is 352 g/mol. The molecule has 0 aliphatic carbocycles. The Hall–Kier alpha value is -2.34. The maximum Gasteiger partial charge on any atom is 0.255 e. The molecule has 2 aromatic rings. The molecule has 2 heterocycles. The van der Waals surface area contributed by atoms with Crippen LogP contribution in [0.25, 0.3) is 0 Å². The second kappa shape index (κ2) is 8.36. The fourth-order valence-corrected chi connectivity index (χ4v) is 3.33. The van der Waals surface area contributed by atoms with E-state index in [0.717, 1.165) is 31.5 Å². The normalized spacial score (nSPS) is 14.3. The standard InChI is InChI=1S/C19H23ClN4O2/c1-14-11-18(26)24(19(22-14)23-9-5-2-6-10-23)13-17(25)21-12-15-7-3-4-8-16(15)20/h3-4,7-8,11H,2,5-6,9-10,12-13H2,1H3,(H,21,25). The van der Waals surface area contributed by atoms with Crippen LogP contribution in [0.15, 0.2) is 35.1 Å². The van der Waals surface area contributed by atoms with Gasteiger partial charge in [-0.1, -0.05) is 29.8 Å². The lowest BCUT2D eigenvalue weighted by Crippen LogP contribution is -2.39. The number of halogens is 1. The van der Waals surface area contributed by atoms with Crippen LogP contribution < -0.4 is 15.8 Å². The van der Waals surface area contributed by atoms with E-state index in [1.165, 1.54) is 17.1 Å². The van der Waals surface area contributed by atoms with Crippen molar-refractivity contribution in [3.63, 3.8) is 0 Å². The summed E-state index contributed by atoms with van der Waals surface area (Å²) in [7, 11) is 0. The number of nitrogens with zero attached hydrogens (tertiary/aromatic N) is 3. The number of aryl methyl sites for hydroxylation is 1. The molecule has 6 nitrogen and oxygen atoms in total. The van der Waals surface area contributed by atoms with Crippen molar-refractivity contribution in [2.45, 2.75) is 39.3 Å². The summed E-state index contributed by atoms with van der Waals surface area (Å²) in [5.41, 5.74) is 1.31. The fraction of sp³-hybridized carbons (Fsp3) is 0.421. The summed E-state index contributed by atoms with van der Waals surface area (Å²) in [6.45, 7) is 3.79. The van der Waals surface area contributed by atoms with E-state index in [0.29, 0.717) is 23.2 Å². The highest BCUT2D eigenvalue weighted by molar-refractivity contribution is 6.31. The zero-order valence-electron chi connectivity index (χ0n) is 14.9. The summed E-state index contributed by atoms with van der Waals surface area (Å²) in [4.78, 5) is 31.5. The molecule has 0 bridgehead atoms. The third kappa shape index (κ3) is 4.43. The first kappa shape index (κ1) is 18.5. The van der Waals surface area contributed by atoms with E-state index >= 15 is 0 Å².